The van der Waals surface area contributed by atoms with Crippen molar-refractivity contribution in [1.29, 1.82) is 0 Å². The summed E-state index contributed by atoms with van der Waals surface area (Å²) in [6.45, 7) is 0.0184. The van der Waals surface area contributed by atoms with Gasteiger partial charge in [0.05, 0.1) is 48.1 Å². The maximum Gasteiger partial charge on any atom is 0.269 e. The van der Waals surface area contributed by atoms with Crippen LogP contribution in [0, 0.1) is 10.1 Å². The fraction of sp³-hybridized carbons (Fsp3) is 0.182. The van der Waals surface area contributed by atoms with Crippen molar-refractivity contribution >= 4 is 46.3 Å². The molecule has 0 radical (unpaired) electrons. The third-order valence-electron chi connectivity index (χ3n) is 7.55. The van der Waals surface area contributed by atoms with E-state index in [1.807, 2.05) is 35.7 Å². The molecule has 1 atom stereocenters. The summed E-state index contributed by atoms with van der Waals surface area (Å²) in [5, 5.41) is 31.4. The lowest BCUT2D eigenvalue weighted by molar-refractivity contribution is -0.384. The number of thiophene rings is 1. The van der Waals surface area contributed by atoms with E-state index in [0.29, 0.717) is 40.2 Å². The Morgan fingerprint density at radius 2 is 1.79 bits per heavy atom. The minimum Gasteiger partial charge on any atom is -0.493 e. The summed E-state index contributed by atoms with van der Waals surface area (Å²) in [4.78, 5) is 38.5. The lowest BCUT2D eigenvalue weighted by atomic mass is 9.99. The third-order valence-corrected chi connectivity index (χ3v) is 9.38. The van der Waals surface area contributed by atoms with Gasteiger partial charge in [0, 0.05) is 35.4 Å². The molecule has 3 aromatic carbocycles. The number of hydrogen-bond donors (Lipinski definition) is 1. The standard InChI is InChI=1S/C33H29N7O6S2/c1-45-27-11-6-10-24(31(27)46-2)26-18-25(28-12-7-17-47-28)37-39(26)30(41)20-48-33-36-35-29(19-34-32(42)21-8-4-3-5-9-21)38(33)22-13-15-23(16-14-22)40(43)44/h3-17,26H,18-20H2,1-2H3,(H,34,42)/t26-/m0/s1. The Morgan fingerprint density at radius 1 is 1.00 bits per heavy atom. The molecule has 13 nitrogen and oxygen atoms in total. The second-order valence-electron chi connectivity index (χ2n) is 10.4. The zero-order valence-electron chi connectivity index (χ0n) is 25.8. The van der Waals surface area contributed by atoms with Crippen molar-refractivity contribution in [1.82, 2.24) is 25.1 Å². The highest BCUT2D eigenvalue weighted by Crippen LogP contribution is 2.42. The first-order valence-electron chi connectivity index (χ1n) is 14.7. The summed E-state index contributed by atoms with van der Waals surface area (Å²) >= 11 is 2.69. The Labute approximate surface area is 283 Å². The zero-order chi connectivity index (χ0) is 33.6. The molecule has 0 saturated heterocycles. The van der Waals surface area contributed by atoms with E-state index in [9.17, 15) is 19.7 Å². The molecule has 0 unspecified atom stereocenters. The van der Waals surface area contributed by atoms with Crippen molar-refractivity contribution < 1.29 is 24.0 Å². The molecule has 2 aromatic heterocycles. The molecule has 0 saturated carbocycles. The van der Waals surface area contributed by atoms with Gasteiger partial charge in [0.1, 0.15) is 0 Å². The normalized spacial score (nSPS) is 14.0. The number of hydrazone groups is 1. The van der Waals surface area contributed by atoms with Crippen LogP contribution in [0.15, 0.2) is 101 Å². The Bertz CT molecular complexity index is 1960. The van der Waals surface area contributed by atoms with E-state index >= 15 is 0 Å². The van der Waals surface area contributed by atoms with E-state index < -0.39 is 11.0 Å². The molecule has 0 bridgehead atoms. The molecule has 1 aliphatic heterocycles. The first-order valence-corrected chi connectivity index (χ1v) is 16.5. The van der Waals surface area contributed by atoms with E-state index in [-0.39, 0.29) is 29.8 Å². The number of amides is 2. The Hall–Kier alpha value is -5.54. The average Bonchev–Trinajstić information content (AvgIpc) is 3.90. The Morgan fingerprint density at radius 3 is 2.48 bits per heavy atom. The molecule has 2 amide bonds. The van der Waals surface area contributed by atoms with Gasteiger partial charge < -0.3 is 14.8 Å². The van der Waals surface area contributed by atoms with Crippen LogP contribution in [0.25, 0.3) is 5.69 Å². The predicted molar refractivity (Wildman–Crippen MR) is 181 cm³/mol. The summed E-state index contributed by atoms with van der Waals surface area (Å²) < 4.78 is 12.9. The van der Waals surface area contributed by atoms with Crippen LogP contribution in [0.1, 0.15) is 39.1 Å². The Kier molecular flexibility index (Phi) is 9.78. The lowest BCUT2D eigenvalue weighted by Crippen LogP contribution is -2.29. The molecule has 48 heavy (non-hydrogen) atoms. The van der Waals surface area contributed by atoms with Gasteiger partial charge in [0.25, 0.3) is 17.5 Å². The summed E-state index contributed by atoms with van der Waals surface area (Å²) in [6.07, 6.45) is 0.477. The number of benzene rings is 3. The number of rotatable bonds is 12. The molecular weight excluding hydrogens is 655 g/mol. The monoisotopic (exact) mass is 683 g/mol. The van der Waals surface area contributed by atoms with Crippen LogP contribution in [0.5, 0.6) is 11.5 Å². The lowest BCUT2D eigenvalue weighted by Gasteiger charge is -2.24. The van der Waals surface area contributed by atoms with Gasteiger partial charge in [-0.25, -0.2) is 5.01 Å². The topological polar surface area (TPSA) is 154 Å². The van der Waals surface area contributed by atoms with Crippen molar-refractivity contribution in [3.8, 4) is 17.2 Å². The van der Waals surface area contributed by atoms with E-state index in [2.05, 4.69) is 15.5 Å². The van der Waals surface area contributed by atoms with Crippen LogP contribution in [0.4, 0.5) is 5.69 Å². The number of nitro benzene ring substituents is 1. The first-order chi connectivity index (χ1) is 23.4. The van der Waals surface area contributed by atoms with Gasteiger partial charge in [-0.2, -0.15) is 5.10 Å². The number of nitrogens with one attached hydrogen (secondary N) is 1. The zero-order valence-corrected chi connectivity index (χ0v) is 27.4. The van der Waals surface area contributed by atoms with Crippen LogP contribution < -0.4 is 14.8 Å². The number of ether oxygens (including phenoxy) is 2. The smallest absolute Gasteiger partial charge is 0.269 e. The minimum absolute atomic E-state index is 0.0184. The maximum absolute atomic E-state index is 14.0. The van der Waals surface area contributed by atoms with Gasteiger partial charge >= 0.3 is 0 Å². The third kappa shape index (κ3) is 6.77. The summed E-state index contributed by atoms with van der Waals surface area (Å²) in [6, 6.07) is 23.6. The predicted octanol–water partition coefficient (Wildman–Crippen LogP) is 5.65. The molecular formula is C33H29N7O6S2. The van der Waals surface area contributed by atoms with Crippen LogP contribution in [-0.4, -0.2) is 62.2 Å². The van der Waals surface area contributed by atoms with Crippen LogP contribution in [0.3, 0.4) is 0 Å². The molecule has 0 fully saturated rings. The van der Waals surface area contributed by atoms with Crippen LogP contribution in [0.2, 0.25) is 0 Å². The molecule has 0 aliphatic carbocycles. The molecule has 5 aromatic rings. The van der Waals surface area contributed by atoms with Gasteiger partial charge in [0.15, 0.2) is 22.5 Å². The van der Waals surface area contributed by atoms with Gasteiger partial charge in [0.2, 0.25) is 0 Å². The highest BCUT2D eigenvalue weighted by molar-refractivity contribution is 7.99. The summed E-state index contributed by atoms with van der Waals surface area (Å²) in [7, 11) is 3.12. The number of para-hydroxylation sites is 1. The van der Waals surface area contributed by atoms with Crippen molar-refractivity contribution in [3.63, 3.8) is 0 Å². The molecule has 3 heterocycles. The van der Waals surface area contributed by atoms with E-state index in [1.54, 1.807) is 72.6 Å². The van der Waals surface area contributed by atoms with Gasteiger partial charge in [-0.15, -0.1) is 21.5 Å². The van der Waals surface area contributed by atoms with Crippen LogP contribution in [-0.2, 0) is 11.3 Å². The quantitative estimate of drug-likeness (QED) is 0.0998. The largest absolute Gasteiger partial charge is 0.493 e. The Balaban J connectivity index is 1.28. The van der Waals surface area contributed by atoms with Crippen molar-refractivity contribution in [2.75, 3.05) is 20.0 Å². The first kappa shape index (κ1) is 32.4. The van der Waals surface area contributed by atoms with Crippen molar-refractivity contribution in [2.45, 2.75) is 24.2 Å². The molecule has 15 heteroatoms. The molecule has 1 N–H and O–H groups in total. The van der Waals surface area contributed by atoms with Crippen LogP contribution >= 0.6 is 23.1 Å². The average molecular weight is 684 g/mol. The molecule has 1 aliphatic rings. The van der Waals surface area contributed by atoms with E-state index in [0.717, 1.165) is 27.9 Å². The number of hydrogen-bond acceptors (Lipinski definition) is 11. The number of methoxy groups -OCH3 is 2. The highest BCUT2D eigenvalue weighted by atomic mass is 32.2. The summed E-state index contributed by atoms with van der Waals surface area (Å²) in [5.74, 6) is 0.819. The number of non-ortho nitro benzene ring substituents is 1. The fourth-order valence-corrected chi connectivity index (χ4v) is 6.83. The van der Waals surface area contributed by atoms with Crippen molar-refractivity contribution in [2.24, 2.45) is 5.10 Å². The van der Waals surface area contributed by atoms with Crippen molar-refractivity contribution in [3.05, 3.63) is 122 Å². The highest BCUT2D eigenvalue weighted by Gasteiger charge is 2.36. The summed E-state index contributed by atoms with van der Waals surface area (Å²) in [5.41, 5.74) is 2.47. The minimum atomic E-state index is -0.486. The van der Waals surface area contributed by atoms with Gasteiger partial charge in [-0.05, 0) is 41.8 Å². The SMILES string of the molecule is COc1cccc([C@@H]2CC(c3cccs3)=NN2C(=O)CSc2nnc(CNC(=O)c3ccccc3)n2-c2ccc([N+](=O)[O-])cc2)c1OC. The number of carbonyl (C=O) groups excluding carboxylic acids is 2. The molecule has 244 valence electrons. The number of thioether (sulfide) groups is 1. The fourth-order valence-electron chi connectivity index (χ4n) is 5.28. The number of nitrogens with zero attached hydrogens (tertiary/aromatic N) is 6. The number of carbonyl (C=O) groups is 2. The molecule has 6 rings (SSSR count). The second-order valence-corrected chi connectivity index (χ2v) is 12.3. The van der Waals surface area contributed by atoms with E-state index in [1.165, 1.54) is 17.1 Å². The number of nitro groups is 1. The second kappa shape index (κ2) is 14.5. The maximum atomic E-state index is 14.0. The number of aromatic nitrogens is 3. The van der Waals surface area contributed by atoms with E-state index in [4.69, 9.17) is 14.6 Å². The molecule has 0 spiro atoms. The van der Waals surface area contributed by atoms with Gasteiger partial charge in [-0.1, -0.05) is 48.2 Å². The van der Waals surface area contributed by atoms with Gasteiger partial charge in [-0.3, -0.25) is 24.3 Å².